The second kappa shape index (κ2) is 9.91. The molecule has 0 aromatic heterocycles. The fraction of sp³-hybridized carbons (Fsp3) is 0. The zero-order valence-electron chi connectivity index (χ0n) is 15.1. The van der Waals surface area contributed by atoms with E-state index in [2.05, 4.69) is 16.1 Å². The lowest BCUT2D eigenvalue weighted by molar-refractivity contribution is -0.107. The average Bonchev–Trinajstić information content (AvgIpc) is 2.65. The Hall–Kier alpha value is -2.64. The number of nitrogens with one attached hydrogen (secondary N) is 3. The smallest absolute Gasteiger partial charge is 0.308 e. The summed E-state index contributed by atoms with van der Waals surface area (Å²) in [5.41, 5.74) is 4.57. The van der Waals surface area contributed by atoms with E-state index < -0.39 is 6.03 Å². The lowest BCUT2D eigenvalue weighted by atomic mass is 10.2. The summed E-state index contributed by atoms with van der Waals surface area (Å²) in [5.74, 6) is 0. The summed E-state index contributed by atoms with van der Waals surface area (Å²) in [7, 11) is 0. The summed E-state index contributed by atoms with van der Waals surface area (Å²) in [6, 6.07) is 15.6. The maximum atomic E-state index is 12.4. The molecule has 0 bridgehead atoms. The number of para-hydroxylation sites is 2. The van der Waals surface area contributed by atoms with E-state index >= 15 is 0 Å². The molecule has 0 radical (unpaired) electrons. The molecule has 10 heteroatoms. The van der Waals surface area contributed by atoms with Crippen LogP contribution in [0.4, 0.5) is 27.5 Å². The van der Waals surface area contributed by atoms with Crippen LogP contribution in [0.25, 0.3) is 0 Å². The van der Waals surface area contributed by atoms with Crippen LogP contribution in [0, 0.1) is 0 Å². The van der Waals surface area contributed by atoms with Crippen molar-refractivity contribution < 1.29 is 9.59 Å². The maximum Gasteiger partial charge on any atom is 0.323 e. The topological polar surface area (TPSA) is 73.5 Å². The van der Waals surface area contributed by atoms with Crippen LogP contribution >= 0.6 is 46.4 Å². The van der Waals surface area contributed by atoms with E-state index in [4.69, 9.17) is 46.4 Å². The van der Waals surface area contributed by atoms with E-state index in [0.29, 0.717) is 49.3 Å². The minimum Gasteiger partial charge on any atom is -0.308 e. The van der Waals surface area contributed by atoms with Gasteiger partial charge in [-0.2, -0.15) is 0 Å². The van der Waals surface area contributed by atoms with E-state index in [1.54, 1.807) is 60.7 Å². The third-order valence-corrected chi connectivity index (χ3v) is 4.62. The lowest BCUT2D eigenvalue weighted by Gasteiger charge is -2.23. The van der Waals surface area contributed by atoms with Gasteiger partial charge in [0.15, 0.2) is 0 Å². The molecule has 30 heavy (non-hydrogen) atoms. The van der Waals surface area contributed by atoms with Gasteiger partial charge in [0.2, 0.25) is 6.41 Å². The number of carbonyl (C=O) groups excluding carboxylic acids is 2. The van der Waals surface area contributed by atoms with Crippen molar-refractivity contribution in [2.75, 3.05) is 21.1 Å². The number of hydrogen-bond donors (Lipinski definition) is 3. The molecule has 3 aromatic carbocycles. The molecule has 0 saturated heterocycles. The molecule has 0 aliphatic carbocycles. The molecule has 154 valence electrons. The first kappa shape index (κ1) is 22.1. The van der Waals surface area contributed by atoms with Crippen molar-refractivity contribution in [2.45, 2.75) is 0 Å². The quantitative estimate of drug-likeness (QED) is 0.262. The van der Waals surface area contributed by atoms with E-state index in [-0.39, 0.29) is 0 Å². The van der Waals surface area contributed by atoms with E-state index in [1.807, 2.05) is 0 Å². The van der Waals surface area contributed by atoms with Crippen molar-refractivity contribution in [3.63, 3.8) is 0 Å². The summed E-state index contributed by atoms with van der Waals surface area (Å²) >= 11 is 23.9. The number of carbonyl (C=O) groups is 2. The Labute approximate surface area is 192 Å². The molecular formula is C20H14Cl4N4O2. The largest absolute Gasteiger partial charge is 0.323 e. The number of hydrogen-bond acceptors (Lipinski definition) is 3. The molecule has 0 aliphatic heterocycles. The number of anilines is 4. The van der Waals surface area contributed by atoms with Gasteiger partial charge in [-0.25, -0.2) is 9.80 Å². The van der Waals surface area contributed by atoms with Crippen molar-refractivity contribution in [3.8, 4) is 0 Å². The van der Waals surface area contributed by atoms with Gasteiger partial charge in [-0.05, 0) is 48.5 Å². The van der Waals surface area contributed by atoms with Gasteiger partial charge in [0.1, 0.15) is 0 Å². The Bertz CT molecular complexity index is 1050. The number of amides is 3. The Morgan fingerprint density at radius 3 is 1.87 bits per heavy atom. The van der Waals surface area contributed by atoms with Gasteiger partial charge in [0.05, 0.1) is 17.1 Å². The summed E-state index contributed by atoms with van der Waals surface area (Å²) in [5, 5.41) is 8.10. The lowest BCUT2D eigenvalue weighted by Crippen LogP contribution is -2.30. The molecule has 0 unspecified atom stereocenters. The summed E-state index contributed by atoms with van der Waals surface area (Å²) in [6.07, 6.45) is 0.559. The second-order valence-electron chi connectivity index (χ2n) is 6.00. The molecule has 3 N–H and O–H groups in total. The highest BCUT2D eigenvalue weighted by molar-refractivity contribution is 6.35. The number of rotatable bonds is 6. The van der Waals surface area contributed by atoms with Gasteiger partial charge >= 0.3 is 6.03 Å². The summed E-state index contributed by atoms with van der Waals surface area (Å²) in [4.78, 5) is 24.2. The Morgan fingerprint density at radius 2 is 1.30 bits per heavy atom. The zero-order chi connectivity index (χ0) is 21.7. The number of halogens is 4. The first-order valence-corrected chi connectivity index (χ1v) is 9.95. The Kier molecular flexibility index (Phi) is 7.29. The molecule has 6 nitrogen and oxygen atoms in total. The maximum absolute atomic E-state index is 12.4. The third-order valence-electron chi connectivity index (χ3n) is 3.75. The fourth-order valence-electron chi connectivity index (χ4n) is 2.60. The first-order chi connectivity index (χ1) is 14.3. The van der Waals surface area contributed by atoms with Crippen LogP contribution in [-0.2, 0) is 4.79 Å². The van der Waals surface area contributed by atoms with Crippen LogP contribution in [0.1, 0.15) is 0 Å². The predicted molar refractivity (Wildman–Crippen MR) is 124 cm³/mol. The minimum atomic E-state index is -0.544. The normalized spacial score (nSPS) is 10.3. The van der Waals surface area contributed by atoms with Crippen molar-refractivity contribution in [2.24, 2.45) is 0 Å². The number of benzene rings is 3. The zero-order valence-corrected chi connectivity index (χ0v) is 18.2. The van der Waals surface area contributed by atoms with Crippen LogP contribution in [0.2, 0.25) is 20.1 Å². The van der Waals surface area contributed by atoms with Gasteiger partial charge < -0.3 is 10.6 Å². The van der Waals surface area contributed by atoms with Crippen molar-refractivity contribution in [1.82, 2.24) is 0 Å². The standard InChI is InChI=1S/C20H14Cl4N4O2/c21-12-5-13(22)8-16(7-12)25-20(30)26-18-3-1-2-4-19(18)28(11-29)27-17-9-14(23)6-15(24)10-17/h1-11,27H,(H2,25,26,30). The molecular weight excluding hydrogens is 470 g/mol. The van der Waals surface area contributed by atoms with Crippen LogP contribution in [0.3, 0.4) is 0 Å². The van der Waals surface area contributed by atoms with Crippen LogP contribution < -0.4 is 21.1 Å². The molecule has 0 fully saturated rings. The average molecular weight is 484 g/mol. The SMILES string of the molecule is O=CN(Nc1cc(Cl)cc(Cl)c1)c1ccccc1NC(=O)Nc1cc(Cl)cc(Cl)c1. The Balaban J connectivity index is 1.79. The summed E-state index contributed by atoms with van der Waals surface area (Å²) in [6.45, 7) is 0. The highest BCUT2D eigenvalue weighted by Gasteiger charge is 2.14. The van der Waals surface area contributed by atoms with Gasteiger partial charge in [-0.15, -0.1) is 0 Å². The summed E-state index contributed by atoms with van der Waals surface area (Å²) < 4.78 is 0. The van der Waals surface area contributed by atoms with Gasteiger partial charge in [-0.1, -0.05) is 58.5 Å². The molecule has 3 amide bonds. The monoisotopic (exact) mass is 482 g/mol. The van der Waals surface area contributed by atoms with Gasteiger partial charge in [-0.3, -0.25) is 10.2 Å². The second-order valence-corrected chi connectivity index (χ2v) is 7.75. The molecule has 0 aliphatic rings. The van der Waals surface area contributed by atoms with Gasteiger partial charge in [0.25, 0.3) is 0 Å². The van der Waals surface area contributed by atoms with E-state index in [0.717, 1.165) is 0 Å². The van der Waals surface area contributed by atoms with Crippen molar-refractivity contribution in [3.05, 3.63) is 80.8 Å². The molecule has 0 saturated carbocycles. The number of hydrazine groups is 1. The van der Waals surface area contributed by atoms with Crippen molar-refractivity contribution in [1.29, 1.82) is 0 Å². The number of nitrogens with zero attached hydrogens (tertiary/aromatic N) is 1. The van der Waals surface area contributed by atoms with Crippen LogP contribution in [-0.4, -0.2) is 12.4 Å². The highest BCUT2D eigenvalue weighted by Crippen LogP contribution is 2.28. The third kappa shape index (κ3) is 5.93. The molecule has 3 rings (SSSR count). The predicted octanol–water partition coefficient (Wildman–Crippen LogP) is 6.93. The molecule has 0 heterocycles. The number of urea groups is 1. The van der Waals surface area contributed by atoms with E-state index in [9.17, 15) is 9.59 Å². The molecule has 3 aromatic rings. The first-order valence-electron chi connectivity index (χ1n) is 8.44. The van der Waals surface area contributed by atoms with Crippen LogP contribution in [0.15, 0.2) is 60.7 Å². The Morgan fingerprint density at radius 1 is 0.767 bits per heavy atom. The highest BCUT2D eigenvalue weighted by atomic mass is 35.5. The molecule has 0 spiro atoms. The van der Waals surface area contributed by atoms with Crippen LogP contribution in [0.5, 0.6) is 0 Å². The fourth-order valence-corrected chi connectivity index (χ4v) is 3.65. The van der Waals surface area contributed by atoms with Crippen molar-refractivity contribution >= 4 is 81.6 Å². The van der Waals surface area contributed by atoms with E-state index in [1.165, 1.54) is 5.01 Å². The molecule has 0 atom stereocenters. The minimum absolute atomic E-state index is 0.371. The van der Waals surface area contributed by atoms with Gasteiger partial charge in [0, 0.05) is 25.8 Å².